The van der Waals surface area contributed by atoms with E-state index in [2.05, 4.69) is 15.2 Å². The van der Waals surface area contributed by atoms with Crippen LogP contribution in [-0.2, 0) is 6.54 Å². The maximum atomic E-state index is 12.3. The number of hydrogen-bond acceptors (Lipinski definition) is 6. The quantitative estimate of drug-likeness (QED) is 0.331. The third-order valence-electron chi connectivity index (χ3n) is 3.82. The number of aliphatic hydroxyl groups is 1. The van der Waals surface area contributed by atoms with Crippen molar-refractivity contribution in [2.45, 2.75) is 6.54 Å². The van der Waals surface area contributed by atoms with Crippen molar-refractivity contribution in [1.82, 2.24) is 19.7 Å². The topological polar surface area (TPSA) is 130 Å². The number of carboxylic acid groups (broad SMARTS) is 1. The minimum atomic E-state index is -1.16. The van der Waals surface area contributed by atoms with E-state index in [4.69, 9.17) is 4.74 Å². The van der Waals surface area contributed by atoms with Crippen LogP contribution >= 0.6 is 0 Å². The highest BCUT2D eigenvalue weighted by Crippen LogP contribution is 2.17. The van der Waals surface area contributed by atoms with Crippen LogP contribution in [0, 0.1) is 0 Å². The van der Waals surface area contributed by atoms with Gasteiger partial charge in [-0.2, -0.15) is 5.10 Å². The lowest BCUT2D eigenvalue weighted by Crippen LogP contribution is -2.08. The molecule has 0 spiro atoms. The van der Waals surface area contributed by atoms with E-state index in [1.807, 2.05) is 0 Å². The Labute approximate surface area is 153 Å². The minimum Gasteiger partial charge on any atom is -0.504 e. The van der Waals surface area contributed by atoms with Gasteiger partial charge in [0.2, 0.25) is 5.82 Å². The summed E-state index contributed by atoms with van der Waals surface area (Å²) in [7, 11) is 1.56. The number of aromatic amines is 1. The molecular formula is C18H16N4O5. The molecule has 0 fully saturated rings. The monoisotopic (exact) mass is 368 g/mol. The highest BCUT2D eigenvalue weighted by atomic mass is 16.5. The number of hydrogen-bond donors (Lipinski definition) is 3. The van der Waals surface area contributed by atoms with Gasteiger partial charge >= 0.3 is 5.97 Å². The highest BCUT2D eigenvalue weighted by molar-refractivity contribution is 6.08. The molecule has 0 saturated heterocycles. The predicted octanol–water partition coefficient (Wildman–Crippen LogP) is 2.14. The number of carbonyl (C=O) groups is 2. The number of benzene rings is 1. The third kappa shape index (κ3) is 4.03. The lowest BCUT2D eigenvalue weighted by atomic mass is 10.2. The molecule has 2 aromatic heterocycles. The molecule has 138 valence electrons. The summed E-state index contributed by atoms with van der Waals surface area (Å²) in [5, 5.41) is 25.4. The number of carboxylic acids is 1. The van der Waals surface area contributed by atoms with Crippen molar-refractivity contribution in [3.63, 3.8) is 0 Å². The van der Waals surface area contributed by atoms with Crippen molar-refractivity contribution in [1.29, 1.82) is 0 Å². The zero-order chi connectivity index (χ0) is 19.4. The van der Waals surface area contributed by atoms with Crippen molar-refractivity contribution in [3.8, 4) is 5.75 Å². The highest BCUT2D eigenvalue weighted by Gasteiger charge is 2.17. The third-order valence-corrected chi connectivity index (χ3v) is 3.82. The Hall–Kier alpha value is -3.88. The van der Waals surface area contributed by atoms with Gasteiger partial charge in [-0.1, -0.05) is 12.1 Å². The second-order valence-electron chi connectivity index (χ2n) is 5.61. The Kier molecular flexibility index (Phi) is 5.02. The van der Waals surface area contributed by atoms with Crippen molar-refractivity contribution in [3.05, 3.63) is 71.6 Å². The van der Waals surface area contributed by atoms with Crippen molar-refractivity contribution < 1.29 is 24.5 Å². The van der Waals surface area contributed by atoms with Crippen molar-refractivity contribution in [2.75, 3.05) is 7.11 Å². The Morgan fingerprint density at radius 3 is 2.59 bits per heavy atom. The Balaban J connectivity index is 1.87. The number of aromatic nitrogens is 4. The predicted molar refractivity (Wildman–Crippen MR) is 94.8 cm³/mol. The summed E-state index contributed by atoms with van der Waals surface area (Å²) in [5.41, 5.74) is 0.926. The Bertz CT molecular complexity index is 987. The van der Waals surface area contributed by atoms with E-state index in [0.29, 0.717) is 5.75 Å². The normalized spacial score (nSPS) is 11.4. The van der Waals surface area contributed by atoms with E-state index in [9.17, 15) is 19.8 Å². The van der Waals surface area contributed by atoms with Gasteiger partial charge < -0.3 is 19.5 Å². The van der Waals surface area contributed by atoms with E-state index in [-0.39, 0.29) is 23.6 Å². The number of aliphatic hydroxyl groups excluding tert-OH is 1. The first-order valence-electron chi connectivity index (χ1n) is 7.85. The molecule has 0 radical (unpaired) electrons. The first-order valence-corrected chi connectivity index (χ1v) is 7.85. The number of nitrogens with zero attached hydrogens (tertiary/aromatic N) is 3. The van der Waals surface area contributed by atoms with E-state index < -0.39 is 17.5 Å². The fourth-order valence-electron chi connectivity index (χ4n) is 2.49. The van der Waals surface area contributed by atoms with Crippen LogP contribution < -0.4 is 4.74 Å². The van der Waals surface area contributed by atoms with Crippen molar-refractivity contribution in [2.24, 2.45) is 0 Å². The standard InChI is InChI=1S/C18H16N4O5/c1-27-13-4-2-11(3-5-13)8-22-9-12(6-14(22)18(25)26)15(23)7-16(24)17-19-10-20-21-17/h2-7,9-10,24H,8H2,1H3,(H,25,26)(H,19,20,21). The number of allylic oxidation sites excluding steroid dienone is 1. The van der Waals surface area contributed by atoms with E-state index in [1.54, 1.807) is 31.4 Å². The Morgan fingerprint density at radius 2 is 2.00 bits per heavy atom. The van der Waals surface area contributed by atoms with Crippen LogP contribution in [0.5, 0.6) is 5.75 Å². The number of H-pyrrole nitrogens is 1. The van der Waals surface area contributed by atoms with Crippen LogP contribution in [0.3, 0.4) is 0 Å². The summed E-state index contributed by atoms with van der Waals surface area (Å²) in [6.07, 6.45) is 3.64. The van der Waals surface area contributed by atoms with Gasteiger partial charge in [-0.25, -0.2) is 9.78 Å². The van der Waals surface area contributed by atoms with Gasteiger partial charge in [0.1, 0.15) is 17.8 Å². The molecule has 0 bridgehead atoms. The number of carbonyl (C=O) groups excluding carboxylic acids is 1. The van der Waals surface area contributed by atoms with Crippen LogP contribution in [0.25, 0.3) is 5.76 Å². The average molecular weight is 368 g/mol. The maximum absolute atomic E-state index is 12.3. The van der Waals surface area contributed by atoms with Gasteiger partial charge in [-0.15, -0.1) is 0 Å². The number of ketones is 1. The first-order chi connectivity index (χ1) is 13.0. The molecule has 3 aromatic rings. The summed E-state index contributed by atoms with van der Waals surface area (Å²) < 4.78 is 6.55. The summed E-state index contributed by atoms with van der Waals surface area (Å²) in [5.74, 6) is -1.48. The zero-order valence-electron chi connectivity index (χ0n) is 14.3. The van der Waals surface area contributed by atoms with Gasteiger partial charge in [0.15, 0.2) is 11.5 Å². The van der Waals surface area contributed by atoms with Gasteiger partial charge in [-0.3, -0.25) is 9.89 Å². The SMILES string of the molecule is COc1ccc(Cn2cc(C(=O)C=C(O)c3nc[nH]n3)cc2C(=O)O)cc1. The Morgan fingerprint density at radius 1 is 1.26 bits per heavy atom. The molecule has 1 aromatic carbocycles. The molecule has 0 saturated carbocycles. The van der Waals surface area contributed by atoms with E-state index >= 15 is 0 Å². The number of rotatable bonds is 7. The van der Waals surface area contributed by atoms with Gasteiger partial charge in [0, 0.05) is 24.4 Å². The van der Waals surface area contributed by atoms with Crippen molar-refractivity contribution >= 4 is 17.5 Å². The van der Waals surface area contributed by atoms with E-state index in [1.165, 1.54) is 23.2 Å². The van der Waals surface area contributed by atoms with Gasteiger partial charge in [-0.05, 0) is 23.8 Å². The molecule has 0 atom stereocenters. The molecule has 9 nitrogen and oxygen atoms in total. The lowest BCUT2D eigenvalue weighted by molar-refractivity contribution is 0.0685. The van der Waals surface area contributed by atoms with Crippen LogP contribution in [0.15, 0.2) is 48.9 Å². The number of aromatic carboxylic acids is 1. The second kappa shape index (κ2) is 7.56. The molecule has 2 heterocycles. The first kappa shape index (κ1) is 17.9. The average Bonchev–Trinajstić information content (AvgIpc) is 3.32. The number of ether oxygens (including phenoxy) is 1. The number of nitrogens with one attached hydrogen (secondary N) is 1. The van der Waals surface area contributed by atoms with Crippen LogP contribution in [0.2, 0.25) is 0 Å². The second-order valence-corrected chi connectivity index (χ2v) is 5.61. The molecule has 0 aliphatic carbocycles. The summed E-state index contributed by atoms with van der Waals surface area (Å²) >= 11 is 0. The van der Waals surface area contributed by atoms with Gasteiger partial charge in [0.05, 0.1) is 7.11 Å². The van der Waals surface area contributed by atoms with Crippen LogP contribution in [0.1, 0.15) is 32.2 Å². The minimum absolute atomic E-state index is 0.0283. The summed E-state index contributed by atoms with van der Waals surface area (Å²) in [4.78, 5) is 27.6. The lowest BCUT2D eigenvalue weighted by Gasteiger charge is -2.07. The molecule has 3 rings (SSSR count). The molecule has 3 N–H and O–H groups in total. The molecular weight excluding hydrogens is 352 g/mol. The molecule has 0 aliphatic rings. The summed E-state index contributed by atoms with van der Waals surface area (Å²) in [6.45, 7) is 0.259. The maximum Gasteiger partial charge on any atom is 0.352 e. The molecule has 9 heteroatoms. The largest absolute Gasteiger partial charge is 0.504 e. The molecule has 0 unspecified atom stereocenters. The van der Waals surface area contributed by atoms with E-state index in [0.717, 1.165) is 11.6 Å². The zero-order valence-corrected chi connectivity index (χ0v) is 14.3. The number of methoxy groups -OCH3 is 1. The van der Waals surface area contributed by atoms with Crippen LogP contribution in [0.4, 0.5) is 0 Å². The van der Waals surface area contributed by atoms with Crippen LogP contribution in [-0.4, -0.2) is 48.8 Å². The molecule has 0 aliphatic heterocycles. The smallest absolute Gasteiger partial charge is 0.352 e. The summed E-state index contributed by atoms with van der Waals surface area (Å²) in [6, 6.07) is 8.41. The molecule has 0 amide bonds. The fourth-order valence-corrected chi connectivity index (χ4v) is 2.49. The fraction of sp³-hybridized carbons (Fsp3) is 0.111. The van der Waals surface area contributed by atoms with Gasteiger partial charge in [0.25, 0.3) is 0 Å². The molecule has 27 heavy (non-hydrogen) atoms.